The van der Waals surface area contributed by atoms with E-state index in [1.807, 2.05) is 0 Å². The van der Waals surface area contributed by atoms with E-state index < -0.39 is 0 Å². The Kier molecular flexibility index (Phi) is 3.90. The minimum atomic E-state index is 0.0148. The first-order valence-corrected chi connectivity index (χ1v) is 6.74. The minimum Gasteiger partial charge on any atom is -0.399 e. The molecule has 0 saturated heterocycles. The highest BCUT2D eigenvalue weighted by Gasteiger charge is 2.28. The second kappa shape index (κ2) is 5.42. The Bertz CT molecular complexity index is 413. The Morgan fingerprint density at radius 1 is 1.22 bits per heavy atom. The van der Waals surface area contributed by atoms with Gasteiger partial charge in [0.1, 0.15) is 0 Å². The smallest absolute Gasteiger partial charge is 0.251 e. The zero-order valence-corrected chi connectivity index (χ0v) is 11.1. The van der Waals surface area contributed by atoms with Crippen LogP contribution in [0.2, 0.25) is 0 Å². The standard InChI is InChI=1S/C15H22N2O/c1-10-4-3-5-14(11(10)2)17-15(18)12-6-8-13(16)9-7-12/h6-11,14H,3-5,16H2,1-2H3,(H,17,18). The highest BCUT2D eigenvalue weighted by molar-refractivity contribution is 5.94. The third-order valence-corrected chi connectivity index (χ3v) is 4.20. The number of nitrogens with two attached hydrogens (primary N) is 1. The lowest BCUT2D eigenvalue weighted by Gasteiger charge is -2.34. The van der Waals surface area contributed by atoms with Crippen LogP contribution in [-0.4, -0.2) is 11.9 Å². The van der Waals surface area contributed by atoms with Crippen molar-refractivity contribution in [1.29, 1.82) is 0 Å². The van der Waals surface area contributed by atoms with Gasteiger partial charge in [0.25, 0.3) is 5.91 Å². The number of hydrogen-bond donors (Lipinski definition) is 2. The summed E-state index contributed by atoms with van der Waals surface area (Å²) in [7, 11) is 0. The van der Waals surface area contributed by atoms with Crippen molar-refractivity contribution in [2.24, 2.45) is 11.8 Å². The quantitative estimate of drug-likeness (QED) is 0.788. The Morgan fingerprint density at radius 2 is 1.89 bits per heavy atom. The number of nitrogens with one attached hydrogen (secondary N) is 1. The maximum Gasteiger partial charge on any atom is 0.251 e. The number of rotatable bonds is 2. The van der Waals surface area contributed by atoms with Gasteiger partial charge in [-0.1, -0.05) is 26.7 Å². The zero-order chi connectivity index (χ0) is 13.1. The molecule has 98 valence electrons. The van der Waals surface area contributed by atoms with E-state index in [-0.39, 0.29) is 5.91 Å². The number of anilines is 1. The molecule has 1 aliphatic carbocycles. The molecule has 3 nitrogen and oxygen atoms in total. The summed E-state index contributed by atoms with van der Waals surface area (Å²) < 4.78 is 0. The molecule has 1 aliphatic rings. The van der Waals surface area contributed by atoms with Crippen LogP contribution in [-0.2, 0) is 0 Å². The van der Waals surface area contributed by atoms with E-state index in [0.29, 0.717) is 29.1 Å². The van der Waals surface area contributed by atoms with Gasteiger partial charge in [-0.3, -0.25) is 4.79 Å². The van der Waals surface area contributed by atoms with Gasteiger partial charge < -0.3 is 11.1 Å². The van der Waals surface area contributed by atoms with Gasteiger partial charge in [0.2, 0.25) is 0 Å². The zero-order valence-electron chi connectivity index (χ0n) is 11.1. The van der Waals surface area contributed by atoms with Gasteiger partial charge in [0, 0.05) is 17.3 Å². The molecule has 1 aromatic rings. The highest BCUT2D eigenvalue weighted by Crippen LogP contribution is 2.29. The SMILES string of the molecule is CC1CCCC(NC(=O)c2ccc(N)cc2)C1C. The third kappa shape index (κ3) is 2.84. The first-order valence-electron chi connectivity index (χ1n) is 6.74. The summed E-state index contributed by atoms with van der Waals surface area (Å²) in [5.41, 5.74) is 7.00. The molecule has 0 radical (unpaired) electrons. The van der Waals surface area contributed by atoms with Gasteiger partial charge in [-0.05, 0) is 42.5 Å². The van der Waals surface area contributed by atoms with Crippen molar-refractivity contribution in [3.8, 4) is 0 Å². The van der Waals surface area contributed by atoms with Crippen molar-refractivity contribution in [3.05, 3.63) is 29.8 Å². The Hall–Kier alpha value is -1.51. The summed E-state index contributed by atoms with van der Waals surface area (Å²) in [6.07, 6.45) is 3.57. The van der Waals surface area contributed by atoms with Crippen molar-refractivity contribution in [1.82, 2.24) is 5.32 Å². The maximum absolute atomic E-state index is 12.1. The highest BCUT2D eigenvalue weighted by atomic mass is 16.1. The molecule has 1 saturated carbocycles. The summed E-state index contributed by atoms with van der Waals surface area (Å²) in [5.74, 6) is 1.26. The molecule has 3 heteroatoms. The molecule has 1 amide bonds. The Balaban J connectivity index is 2.00. The number of amides is 1. The second-order valence-electron chi connectivity index (χ2n) is 5.47. The van der Waals surface area contributed by atoms with E-state index in [0.717, 1.165) is 6.42 Å². The number of benzene rings is 1. The normalized spacial score (nSPS) is 27.8. The molecule has 3 unspecified atom stereocenters. The fraction of sp³-hybridized carbons (Fsp3) is 0.533. The van der Waals surface area contributed by atoms with Gasteiger partial charge in [0.05, 0.1) is 0 Å². The topological polar surface area (TPSA) is 55.1 Å². The summed E-state index contributed by atoms with van der Waals surface area (Å²) in [4.78, 5) is 12.1. The Labute approximate surface area is 109 Å². The largest absolute Gasteiger partial charge is 0.399 e. The summed E-state index contributed by atoms with van der Waals surface area (Å²) >= 11 is 0. The first-order chi connectivity index (χ1) is 8.58. The predicted molar refractivity (Wildman–Crippen MR) is 74.3 cm³/mol. The molecule has 3 atom stereocenters. The summed E-state index contributed by atoms with van der Waals surface area (Å²) in [5, 5.41) is 3.16. The van der Waals surface area contributed by atoms with Crippen LogP contribution in [0.5, 0.6) is 0 Å². The molecule has 0 aliphatic heterocycles. The average Bonchev–Trinajstić information content (AvgIpc) is 2.36. The van der Waals surface area contributed by atoms with E-state index in [1.54, 1.807) is 24.3 Å². The summed E-state index contributed by atoms with van der Waals surface area (Å²) in [6, 6.07) is 7.39. The monoisotopic (exact) mass is 246 g/mol. The van der Waals surface area contributed by atoms with Crippen LogP contribution in [0.4, 0.5) is 5.69 Å². The molecule has 0 aromatic heterocycles. The second-order valence-corrected chi connectivity index (χ2v) is 5.47. The lowest BCUT2D eigenvalue weighted by atomic mass is 9.78. The van der Waals surface area contributed by atoms with Crippen LogP contribution in [0.15, 0.2) is 24.3 Å². The van der Waals surface area contributed by atoms with Crippen LogP contribution in [0.25, 0.3) is 0 Å². The van der Waals surface area contributed by atoms with Crippen LogP contribution >= 0.6 is 0 Å². The van der Waals surface area contributed by atoms with E-state index in [4.69, 9.17) is 5.73 Å². The van der Waals surface area contributed by atoms with Gasteiger partial charge in [-0.25, -0.2) is 0 Å². The predicted octanol–water partition coefficient (Wildman–Crippen LogP) is 2.82. The van der Waals surface area contributed by atoms with Crippen molar-refractivity contribution in [2.45, 2.75) is 39.2 Å². The van der Waals surface area contributed by atoms with Crippen LogP contribution < -0.4 is 11.1 Å². The number of carbonyl (C=O) groups excluding carboxylic acids is 1. The molecule has 0 spiro atoms. The molecule has 1 fully saturated rings. The lowest BCUT2D eigenvalue weighted by Crippen LogP contribution is -2.43. The fourth-order valence-corrected chi connectivity index (χ4v) is 2.67. The van der Waals surface area contributed by atoms with E-state index in [2.05, 4.69) is 19.2 Å². The van der Waals surface area contributed by atoms with Gasteiger partial charge in [0.15, 0.2) is 0 Å². The molecule has 18 heavy (non-hydrogen) atoms. The van der Waals surface area contributed by atoms with Crippen molar-refractivity contribution >= 4 is 11.6 Å². The molecular weight excluding hydrogens is 224 g/mol. The molecule has 1 aromatic carbocycles. The minimum absolute atomic E-state index is 0.0148. The maximum atomic E-state index is 12.1. The van der Waals surface area contributed by atoms with E-state index >= 15 is 0 Å². The average molecular weight is 246 g/mol. The van der Waals surface area contributed by atoms with Gasteiger partial charge >= 0.3 is 0 Å². The third-order valence-electron chi connectivity index (χ3n) is 4.20. The van der Waals surface area contributed by atoms with Crippen molar-refractivity contribution in [2.75, 3.05) is 5.73 Å². The van der Waals surface area contributed by atoms with Gasteiger partial charge in [-0.2, -0.15) is 0 Å². The number of nitrogen functional groups attached to an aromatic ring is 1. The molecule has 3 N–H and O–H groups in total. The molecular formula is C15H22N2O. The van der Waals surface area contributed by atoms with Crippen molar-refractivity contribution < 1.29 is 4.79 Å². The van der Waals surface area contributed by atoms with Crippen LogP contribution in [0, 0.1) is 11.8 Å². The fourth-order valence-electron chi connectivity index (χ4n) is 2.67. The van der Waals surface area contributed by atoms with Crippen LogP contribution in [0.3, 0.4) is 0 Å². The van der Waals surface area contributed by atoms with E-state index in [1.165, 1.54) is 12.8 Å². The lowest BCUT2D eigenvalue weighted by molar-refractivity contribution is 0.0891. The van der Waals surface area contributed by atoms with Crippen LogP contribution in [0.1, 0.15) is 43.5 Å². The molecule has 2 rings (SSSR count). The Morgan fingerprint density at radius 3 is 2.56 bits per heavy atom. The van der Waals surface area contributed by atoms with Crippen molar-refractivity contribution in [3.63, 3.8) is 0 Å². The first kappa shape index (κ1) is 12.9. The number of carbonyl (C=O) groups is 1. The summed E-state index contributed by atoms with van der Waals surface area (Å²) in [6.45, 7) is 4.50. The van der Waals surface area contributed by atoms with E-state index in [9.17, 15) is 4.79 Å². The molecule has 0 heterocycles. The number of hydrogen-bond acceptors (Lipinski definition) is 2. The van der Waals surface area contributed by atoms with Gasteiger partial charge in [-0.15, -0.1) is 0 Å². The molecule has 0 bridgehead atoms.